The lowest BCUT2D eigenvalue weighted by atomic mass is 10.2. The molecule has 0 saturated heterocycles. The van der Waals surface area contributed by atoms with Crippen molar-refractivity contribution < 1.29 is 13.2 Å². The van der Waals surface area contributed by atoms with Crippen LogP contribution in [0.5, 0.6) is 0 Å². The van der Waals surface area contributed by atoms with Crippen LogP contribution < -0.4 is 4.72 Å². The highest BCUT2D eigenvalue weighted by Crippen LogP contribution is 2.25. The van der Waals surface area contributed by atoms with Crippen molar-refractivity contribution in [3.05, 3.63) is 57.5 Å². The summed E-state index contributed by atoms with van der Waals surface area (Å²) in [6.07, 6.45) is 6.10. The first kappa shape index (κ1) is 22.7. The largest absolute Gasteiger partial charge is 0.323 e. The predicted octanol–water partition coefficient (Wildman–Crippen LogP) is 4.30. The van der Waals surface area contributed by atoms with Crippen LogP contribution in [0.2, 0.25) is 10.0 Å². The topological polar surface area (TPSA) is 85.5 Å². The molecule has 0 atom stereocenters. The van der Waals surface area contributed by atoms with Gasteiger partial charge >= 0.3 is 0 Å². The molecule has 1 amide bonds. The van der Waals surface area contributed by atoms with E-state index in [1.165, 1.54) is 6.20 Å². The van der Waals surface area contributed by atoms with Gasteiger partial charge in [-0.25, -0.2) is 17.7 Å². The molecule has 0 bridgehead atoms. The standard InChI is InChI=1S/C20H24Cl2N4O3S/c1-3-5-6-9-30(28,29)24-19(27)17-11-23-26-13-16(4-2)25(20(17)26)12-14-7-8-15(21)10-18(14)22/h7-8,10-11,13H,3-6,9,12H2,1-2H3,(H,24,27). The molecule has 1 N–H and O–H groups in total. The zero-order valence-electron chi connectivity index (χ0n) is 16.9. The van der Waals surface area contributed by atoms with Crippen LogP contribution in [0.4, 0.5) is 0 Å². The monoisotopic (exact) mass is 470 g/mol. The zero-order valence-corrected chi connectivity index (χ0v) is 19.2. The van der Waals surface area contributed by atoms with E-state index < -0.39 is 15.9 Å². The molecule has 3 rings (SSSR count). The molecule has 0 aliphatic heterocycles. The van der Waals surface area contributed by atoms with Crippen molar-refractivity contribution >= 4 is 44.8 Å². The fourth-order valence-corrected chi connectivity index (χ4v) is 4.84. The van der Waals surface area contributed by atoms with Gasteiger partial charge in [0.1, 0.15) is 11.2 Å². The van der Waals surface area contributed by atoms with Crippen molar-refractivity contribution in [3.8, 4) is 0 Å². The Hall–Kier alpha value is -2.03. The second-order valence-corrected chi connectivity index (χ2v) is 9.76. The number of carbonyl (C=O) groups excluding carboxylic acids is 1. The molecule has 3 aromatic rings. The molecule has 0 aliphatic rings. The molecule has 0 unspecified atom stereocenters. The number of hydrogen-bond acceptors (Lipinski definition) is 4. The second kappa shape index (κ2) is 9.41. The third kappa shape index (κ3) is 4.99. The first-order valence-corrected chi connectivity index (χ1v) is 12.2. The fourth-order valence-electron chi connectivity index (χ4n) is 3.29. The number of unbranched alkanes of at least 4 members (excludes halogenated alkanes) is 2. The molecule has 162 valence electrons. The Kier molecular flexibility index (Phi) is 7.10. The average molecular weight is 471 g/mol. The maximum Gasteiger partial charge on any atom is 0.270 e. The van der Waals surface area contributed by atoms with E-state index in [0.717, 1.165) is 24.1 Å². The summed E-state index contributed by atoms with van der Waals surface area (Å²) in [5, 5.41) is 5.29. The summed E-state index contributed by atoms with van der Waals surface area (Å²) < 4.78 is 30.2. The van der Waals surface area contributed by atoms with Crippen molar-refractivity contribution in [2.75, 3.05) is 5.75 Å². The number of hydrogen-bond donors (Lipinski definition) is 1. The number of carbonyl (C=O) groups is 1. The highest BCUT2D eigenvalue weighted by atomic mass is 35.5. The van der Waals surface area contributed by atoms with Gasteiger partial charge in [0.15, 0.2) is 0 Å². The lowest BCUT2D eigenvalue weighted by Gasteiger charge is -2.12. The molecule has 7 nitrogen and oxygen atoms in total. The number of benzene rings is 1. The van der Waals surface area contributed by atoms with Gasteiger partial charge in [-0.15, -0.1) is 0 Å². The number of aryl methyl sites for hydroxylation is 1. The molecule has 1 aromatic carbocycles. The average Bonchev–Trinajstić information content (AvgIpc) is 3.23. The van der Waals surface area contributed by atoms with Gasteiger partial charge < -0.3 is 4.57 Å². The van der Waals surface area contributed by atoms with Gasteiger partial charge in [-0.2, -0.15) is 5.10 Å². The van der Waals surface area contributed by atoms with Gasteiger partial charge in [0.2, 0.25) is 10.0 Å². The minimum atomic E-state index is -3.71. The summed E-state index contributed by atoms with van der Waals surface area (Å²) in [6, 6.07) is 5.24. The van der Waals surface area contributed by atoms with Crippen molar-refractivity contribution in [2.24, 2.45) is 0 Å². The lowest BCUT2D eigenvalue weighted by molar-refractivity contribution is 0.0982. The number of rotatable bonds is 9. The smallest absolute Gasteiger partial charge is 0.270 e. The summed E-state index contributed by atoms with van der Waals surface area (Å²) in [5.74, 6) is -0.774. The number of imidazole rings is 1. The highest BCUT2D eigenvalue weighted by Gasteiger charge is 2.23. The quantitative estimate of drug-likeness (QED) is 0.472. The normalized spacial score (nSPS) is 11.9. The van der Waals surface area contributed by atoms with E-state index in [9.17, 15) is 13.2 Å². The third-order valence-corrected chi connectivity index (χ3v) is 6.77. The van der Waals surface area contributed by atoms with E-state index in [-0.39, 0.29) is 11.3 Å². The summed E-state index contributed by atoms with van der Waals surface area (Å²) in [5.41, 5.74) is 2.47. The fraction of sp³-hybridized carbons (Fsp3) is 0.400. The van der Waals surface area contributed by atoms with Gasteiger partial charge in [-0.1, -0.05) is 56.0 Å². The van der Waals surface area contributed by atoms with Crippen LogP contribution in [0.25, 0.3) is 5.65 Å². The van der Waals surface area contributed by atoms with Crippen molar-refractivity contribution in [2.45, 2.75) is 46.1 Å². The SMILES string of the molecule is CCCCCS(=O)(=O)NC(=O)c1cnn2cc(CC)n(Cc3ccc(Cl)cc3Cl)c12. The molecule has 30 heavy (non-hydrogen) atoms. The molecule has 0 spiro atoms. The Morgan fingerprint density at radius 2 is 1.97 bits per heavy atom. The minimum absolute atomic E-state index is 0.0847. The van der Waals surface area contributed by atoms with Crippen LogP contribution >= 0.6 is 23.2 Å². The van der Waals surface area contributed by atoms with Gasteiger partial charge in [-0.3, -0.25) is 4.79 Å². The lowest BCUT2D eigenvalue weighted by Crippen LogP contribution is -2.32. The Balaban J connectivity index is 1.95. The van der Waals surface area contributed by atoms with E-state index in [2.05, 4.69) is 9.82 Å². The predicted molar refractivity (Wildman–Crippen MR) is 119 cm³/mol. The molecular formula is C20H24Cl2N4O3S. The number of fused-ring (bicyclic) bond motifs is 1. The molecule has 10 heteroatoms. The molecule has 0 aliphatic carbocycles. The van der Waals surface area contributed by atoms with Gasteiger partial charge in [0, 0.05) is 15.7 Å². The Bertz CT molecular complexity index is 1170. The number of halogens is 2. The molecule has 0 saturated carbocycles. The number of aromatic nitrogens is 3. The van der Waals surface area contributed by atoms with Crippen molar-refractivity contribution in [1.29, 1.82) is 0 Å². The highest BCUT2D eigenvalue weighted by molar-refractivity contribution is 7.90. The summed E-state index contributed by atoms with van der Waals surface area (Å²) >= 11 is 12.3. The van der Waals surface area contributed by atoms with Crippen LogP contribution in [-0.4, -0.2) is 34.3 Å². The summed E-state index contributed by atoms with van der Waals surface area (Å²) in [7, 11) is -3.71. The minimum Gasteiger partial charge on any atom is -0.323 e. The zero-order chi connectivity index (χ0) is 21.9. The summed E-state index contributed by atoms with van der Waals surface area (Å²) in [6.45, 7) is 4.37. The first-order valence-electron chi connectivity index (χ1n) is 9.80. The van der Waals surface area contributed by atoms with Crippen molar-refractivity contribution in [3.63, 3.8) is 0 Å². The molecular weight excluding hydrogens is 447 g/mol. The molecule has 0 fully saturated rings. The molecule has 2 aromatic heterocycles. The van der Waals surface area contributed by atoms with Gasteiger partial charge in [0.05, 0.1) is 24.7 Å². The third-order valence-electron chi connectivity index (χ3n) is 4.86. The maximum atomic E-state index is 12.8. The van der Waals surface area contributed by atoms with Crippen LogP contribution in [0.1, 0.15) is 54.7 Å². The maximum absolute atomic E-state index is 12.8. The molecule has 2 heterocycles. The number of nitrogens with one attached hydrogen (secondary N) is 1. The van der Waals surface area contributed by atoms with E-state index in [1.807, 2.05) is 30.7 Å². The van der Waals surface area contributed by atoms with E-state index in [1.54, 1.807) is 16.6 Å². The summed E-state index contributed by atoms with van der Waals surface area (Å²) in [4.78, 5) is 12.8. The van der Waals surface area contributed by atoms with Crippen LogP contribution in [0.3, 0.4) is 0 Å². The Labute approximate surface area is 186 Å². The Morgan fingerprint density at radius 3 is 2.63 bits per heavy atom. The molecule has 0 radical (unpaired) electrons. The van der Waals surface area contributed by atoms with Crippen molar-refractivity contribution in [1.82, 2.24) is 18.9 Å². The van der Waals surface area contributed by atoms with Crippen LogP contribution in [-0.2, 0) is 23.0 Å². The first-order chi connectivity index (χ1) is 14.3. The number of nitrogens with zero attached hydrogens (tertiary/aromatic N) is 3. The van der Waals surface area contributed by atoms with Crippen LogP contribution in [0, 0.1) is 0 Å². The van der Waals surface area contributed by atoms with Gasteiger partial charge in [-0.05, 0) is 30.5 Å². The van der Waals surface area contributed by atoms with Gasteiger partial charge in [0.25, 0.3) is 5.91 Å². The number of sulfonamides is 1. The number of amides is 1. The van der Waals surface area contributed by atoms with Crippen LogP contribution in [0.15, 0.2) is 30.6 Å². The van der Waals surface area contributed by atoms with E-state index in [4.69, 9.17) is 23.2 Å². The van der Waals surface area contributed by atoms with E-state index in [0.29, 0.717) is 35.1 Å². The van der Waals surface area contributed by atoms with E-state index >= 15 is 0 Å². The Morgan fingerprint density at radius 1 is 1.20 bits per heavy atom. The second-order valence-electron chi connectivity index (χ2n) is 7.08.